The lowest BCUT2D eigenvalue weighted by Gasteiger charge is -2.05. The van der Waals surface area contributed by atoms with Crippen LogP contribution >= 0.6 is 12.2 Å². The number of benzene rings is 1. The number of aliphatic hydroxyl groups excluding tert-OH is 1. The van der Waals surface area contributed by atoms with E-state index in [1.54, 1.807) is 28.8 Å². The molecule has 0 aliphatic rings. The number of amides is 1. The van der Waals surface area contributed by atoms with Crippen molar-refractivity contribution >= 4 is 18.1 Å². The van der Waals surface area contributed by atoms with Crippen molar-refractivity contribution < 1.29 is 9.90 Å². The normalized spacial score (nSPS) is 10.4. The van der Waals surface area contributed by atoms with Gasteiger partial charge in [0.1, 0.15) is 6.61 Å². The lowest BCUT2D eigenvalue weighted by molar-refractivity contribution is 0.100. The number of hydrogen-bond donors (Lipinski definition) is 3. The molecule has 2 rings (SSSR count). The van der Waals surface area contributed by atoms with Gasteiger partial charge in [0.15, 0.2) is 10.6 Å². The van der Waals surface area contributed by atoms with E-state index in [2.05, 4.69) is 10.2 Å². The molecule has 0 aliphatic carbocycles. The van der Waals surface area contributed by atoms with Crippen molar-refractivity contribution in [3.63, 3.8) is 0 Å². The van der Waals surface area contributed by atoms with Gasteiger partial charge in [-0.2, -0.15) is 5.10 Å². The Morgan fingerprint density at radius 1 is 1.59 bits per heavy atom. The van der Waals surface area contributed by atoms with Crippen molar-refractivity contribution in [2.45, 2.75) is 6.61 Å². The van der Waals surface area contributed by atoms with Crippen LogP contribution in [0.15, 0.2) is 24.3 Å². The fourth-order valence-corrected chi connectivity index (χ4v) is 1.76. The molecule has 0 spiro atoms. The number of carbonyl (C=O) groups excluding carboxylic acids is 1. The molecule has 0 bridgehead atoms. The van der Waals surface area contributed by atoms with E-state index in [1.807, 2.05) is 0 Å². The van der Waals surface area contributed by atoms with Gasteiger partial charge in [-0.05, 0) is 30.4 Å². The summed E-state index contributed by atoms with van der Waals surface area (Å²) < 4.78 is 1.89. The maximum atomic E-state index is 11.1. The van der Waals surface area contributed by atoms with Crippen LogP contribution in [0.3, 0.4) is 0 Å². The molecular formula is C10H10N4O2S. The molecule has 2 aromatic rings. The second-order valence-electron chi connectivity index (χ2n) is 3.35. The van der Waals surface area contributed by atoms with E-state index in [0.717, 1.165) is 0 Å². The van der Waals surface area contributed by atoms with E-state index in [4.69, 9.17) is 23.1 Å². The van der Waals surface area contributed by atoms with E-state index in [1.165, 1.54) is 0 Å². The maximum Gasteiger partial charge on any atom is 0.248 e. The zero-order valence-corrected chi connectivity index (χ0v) is 9.57. The van der Waals surface area contributed by atoms with E-state index in [0.29, 0.717) is 21.8 Å². The highest BCUT2D eigenvalue weighted by atomic mass is 32.1. The standard InChI is InChI=1S/C10H10N4O2S/c11-9(16)6-2-1-3-7(4-6)14-8(5-15)12-13-10(14)17/h1-4,15H,5H2,(H2,11,16)(H,13,17). The first-order valence-electron chi connectivity index (χ1n) is 4.81. The van der Waals surface area contributed by atoms with E-state index < -0.39 is 5.91 Å². The summed E-state index contributed by atoms with van der Waals surface area (Å²) in [6.07, 6.45) is 0. The molecule has 0 aliphatic heterocycles. The number of nitrogens with one attached hydrogen (secondary N) is 1. The highest BCUT2D eigenvalue weighted by Crippen LogP contribution is 2.13. The van der Waals surface area contributed by atoms with Crippen molar-refractivity contribution in [2.24, 2.45) is 5.73 Å². The lowest BCUT2D eigenvalue weighted by Crippen LogP contribution is -2.11. The molecule has 0 radical (unpaired) electrons. The second kappa shape index (κ2) is 4.48. The number of H-pyrrole nitrogens is 1. The Balaban J connectivity index is 2.60. The van der Waals surface area contributed by atoms with Gasteiger partial charge in [-0.1, -0.05) is 6.07 Å². The van der Waals surface area contributed by atoms with E-state index in [9.17, 15) is 4.79 Å². The van der Waals surface area contributed by atoms with Gasteiger partial charge in [0.2, 0.25) is 5.91 Å². The third kappa shape index (κ3) is 2.10. The van der Waals surface area contributed by atoms with Crippen molar-refractivity contribution in [3.05, 3.63) is 40.4 Å². The minimum Gasteiger partial charge on any atom is -0.388 e. The van der Waals surface area contributed by atoms with Gasteiger partial charge in [0.25, 0.3) is 0 Å². The summed E-state index contributed by atoms with van der Waals surface area (Å²) >= 11 is 5.05. The molecule has 0 saturated heterocycles. The van der Waals surface area contributed by atoms with E-state index >= 15 is 0 Å². The fourth-order valence-electron chi connectivity index (χ4n) is 1.50. The molecule has 4 N–H and O–H groups in total. The average Bonchev–Trinajstić information content (AvgIpc) is 2.70. The van der Waals surface area contributed by atoms with Gasteiger partial charge in [-0.15, -0.1) is 0 Å². The molecule has 0 atom stereocenters. The first-order chi connectivity index (χ1) is 8.13. The Labute approximate surface area is 102 Å². The summed E-state index contributed by atoms with van der Waals surface area (Å²) in [6, 6.07) is 6.63. The SMILES string of the molecule is NC(=O)c1cccc(-n2c(CO)n[nH]c2=S)c1. The molecule has 1 heterocycles. The summed E-state index contributed by atoms with van der Waals surface area (Å²) in [4.78, 5) is 11.1. The molecule has 1 aromatic heterocycles. The van der Waals surface area contributed by atoms with Crippen LogP contribution in [0.25, 0.3) is 5.69 Å². The predicted octanol–water partition coefficient (Wildman–Crippen LogP) is 0.521. The molecule has 7 heteroatoms. The summed E-state index contributed by atoms with van der Waals surface area (Å²) in [5.41, 5.74) is 6.20. The number of nitrogens with two attached hydrogens (primary N) is 1. The third-order valence-corrected chi connectivity index (χ3v) is 2.55. The summed E-state index contributed by atoms with van der Waals surface area (Å²) in [7, 11) is 0. The zero-order valence-electron chi connectivity index (χ0n) is 8.75. The molecule has 1 aromatic carbocycles. The van der Waals surface area contributed by atoms with Gasteiger partial charge < -0.3 is 10.8 Å². The van der Waals surface area contributed by atoms with Crippen molar-refractivity contribution in [3.8, 4) is 5.69 Å². The van der Waals surface area contributed by atoms with Gasteiger partial charge >= 0.3 is 0 Å². The summed E-state index contributed by atoms with van der Waals surface area (Å²) in [5.74, 6) is -0.149. The van der Waals surface area contributed by atoms with E-state index in [-0.39, 0.29) is 6.61 Å². The number of carbonyl (C=O) groups is 1. The Kier molecular flexibility index (Phi) is 3.03. The Hall–Kier alpha value is -1.99. The number of aromatic nitrogens is 3. The minimum absolute atomic E-state index is 0.256. The van der Waals surface area contributed by atoms with Crippen LogP contribution in [-0.2, 0) is 6.61 Å². The largest absolute Gasteiger partial charge is 0.388 e. The summed E-state index contributed by atoms with van der Waals surface area (Å²) in [5, 5.41) is 15.6. The quantitative estimate of drug-likeness (QED) is 0.692. The van der Waals surface area contributed by atoms with Gasteiger partial charge in [0.05, 0.1) is 5.69 Å². The number of aromatic amines is 1. The monoisotopic (exact) mass is 250 g/mol. The van der Waals surface area contributed by atoms with Gasteiger partial charge in [-0.25, -0.2) is 0 Å². The Morgan fingerprint density at radius 2 is 2.35 bits per heavy atom. The Morgan fingerprint density at radius 3 is 3.00 bits per heavy atom. The first kappa shape index (κ1) is 11.5. The Bertz CT molecular complexity index is 617. The number of nitrogens with zero attached hydrogens (tertiary/aromatic N) is 2. The number of hydrogen-bond acceptors (Lipinski definition) is 4. The molecule has 88 valence electrons. The molecule has 6 nitrogen and oxygen atoms in total. The fraction of sp³-hybridized carbons (Fsp3) is 0.100. The van der Waals surface area contributed by atoms with Crippen LogP contribution in [0.1, 0.15) is 16.2 Å². The average molecular weight is 250 g/mol. The highest BCUT2D eigenvalue weighted by Gasteiger charge is 2.08. The zero-order chi connectivity index (χ0) is 12.4. The third-order valence-electron chi connectivity index (χ3n) is 2.27. The van der Waals surface area contributed by atoms with Crippen LogP contribution in [0.2, 0.25) is 0 Å². The van der Waals surface area contributed by atoms with Crippen molar-refractivity contribution in [2.75, 3.05) is 0 Å². The summed E-state index contributed by atoms with van der Waals surface area (Å²) in [6.45, 7) is -0.256. The van der Waals surface area contributed by atoms with Crippen molar-refractivity contribution in [1.82, 2.24) is 14.8 Å². The molecule has 0 unspecified atom stereocenters. The number of aliphatic hydroxyl groups is 1. The second-order valence-corrected chi connectivity index (χ2v) is 3.74. The molecular weight excluding hydrogens is 240 g/mol. The molecule has 1 amide bonds. The number of rotatable bonds is 3. The van der Waals surface area contributed by atoms with Crippen LogP contribution in [0, 0.1) is 4.77 Å². The smallest absolute Gasteiger partial charge is 0.248 e. The lowest BCUT2D eigenvalue weighted by atomic mass is 10.2. The predicted molar refractivity (Wildman–Crippen MR) is 63.2 cm³/mol. The minimum atomic E-state index is -0.521. The molecule has 0 fully saturated rings. The van der Waals surface area contributed by atoms with Crippen LogP contribution in [0.5, 0.6) is 0 Å². The van der Waals surface area contributed by atoms with Crippen LogP contribution in [-0.4, -0.2) is 25.8 Å². The number of primary amides is 1. The van der Waals surface area contributed by atoms with Gasteiger partial charge in [-0.3, -0.25) is 14.5 Å². The van der Waals surface area contributed by atoms with Crippen LogP contribution < -0.4 is 5.73 Å². The first-order valence-corrected chi connectivity index (χ1v) is 5.21. The topological polar surface area (TPSA) is 96.9 Å². The molecule has 0 saturated carbocycles. The van der Waals surface area contributed by atoms with Crippen LogP contribution in [0.4, 0.5) is 0 Å². The highest BCUT2D eigenvalue weighted by molar-refractivity contribution is 7.71. The van der Waals surface area contributed by atoms with Crippen molar-refractivity contribution in [1.29, 1.82) is 0 Å². The molecule has 17 heavy (non-hydrogen) atoms. The van der Waals surface area contributed by atoms with Gasteiger partial charge in [0, 0.05) is 5.56 Å². The maximum absolute atomic E-state index is 11.1.